The van der Waals surface area contributed by atoms with Crippen molar-refractivity contribution in [3.63, 3.8) is 0 Å². The molecule has 3 rings (SSSR count). The minimum atomic E-state index is 0.491. The number of hydrogen-bond donors (Lipinski definition) is 0. The van der Waals surface area contributed by atoms with Crippen LogP contribution in [-0.2, 0) is 0 Å². The van der Waals surface area contributed by atoms with E-state index >= 15 is 0 Å². The fourth-order valence-electron chi connectivity index (χ4n) is 3.06. The van der Waals surface area contributed by atoms with Gasteiger partial charge in [0.25, 0.3) is 0 Å². The van der Waals surface area contributed by atoms with Crippen LogP contribution in [0.2, 0.25) is 0 Å². The van der Waals surface area contributed by atoms with Crippen LogP contribution in [0.5, 0.6) is 5.75 Å². The number of rotatable bonds is 10. The van der Waals surface area contributed by atoms with Crippen molar-refractivity contribution < 1.29 is 4.74 Å². The lowest BCUT2D eigenvalue weighted by atomic mass is 10.1. The van der Waals surface area contributed by atoms with E-state index in [1.54, 1.807) is 0 Å². The molecular weight excluding hydrogens is 372 g/mol. The molecule has 1 aliphatic rings. The van der Waals surface area contributed by atoms with Crippen LogP contribution < -0.4 is 4.74 Å². The smallest absolute Gasteiger partial charge is 0.159 e. The summed E-state index contributed by atoms with van der Waals surface area (Å²) in [6, 6.07) is 8.15. The lowest BCUT2D eigenvalue weighted by molar-refractivity contribution is 0.304. The number of hydrogen-bond acceptors (Lipinski definition) is 5. The minimum absolute atomic E-state index is 0.491. The second kappa shape index (κ2) is 11.6. The highest BCUT2D eigenvalue weighted by molar-refractivity contribution is 8.16. The Balaban J connectivity index is 1.45. The van der Waals surface area contributed by atoms with Crippen LogP contribution in [-0.4, -0.2) is 28.1 Å². The van der Waals surface area contributed by atoms with Gasteiger partial charge in [-0.3, -0.25) is 0 Å². The van der Waals surface area contributed by atoms with E-state index in [1.165, 1.54) is 55.6 Å². The first-order chi connectivity index (χ1) is 13.4. The van der Waals surface area contributed by atoms with Gasteiger partial charge in [0.15, 0.2) is 5.82 Å². The standard InChI is InChI=1S/C22H30N2OS2/c1-2-3-4-5-6-7-13-25-20-11-9-18(10-12-20)21-23-16-19(17-24-21)22-26-14-8-15-27-22/h9-12,16-17,22H,2-8,13-15H2,1H3. The van der Waals surface area contributed by atoms with Crippen LogP contribution in [0, 0.1) is 0 Å². The van der Waals surface area contributed by atoms with Crippen LogP contribution in [0.4, 0.5) is 0 Å². The molecule has 1 saturated heterocycles. The van der Waals surface area contributed by atoms with Gasteiger partial charge in [0.2, 0.25) is 0 Å². The molecule has 5 heteroatoms. The van der Waals surface area contributed by atoms with E-state index in [0.717, 1.165) is 30.2 Å². The number of ether oxygens (including phenoxy) is 1. The van der Waals surface area contributed by atoms with Gasteiger partial charge in [-0.25, -0.2) is 9.97 Å². The molecule has 0 radical (unpaired) electrons. The average Bonchev–Trinajstić information content (AvgIpc) is 2.74. The first-order valence-corrected chi connectivity index (χ1v) is 12.2. The SMILES string of the molecule is CCCCCCCCOc1ccc(-c2ncc(C3SCCCS3)cn2)cc1. The Morgan fingerprint density at radius 3 is 2.30 bits per heavy atom. The van der Waals surface area contributed by atoms with Crippen molar-refractivity contribution in [3.8, 4) is 17.1 Å². The van der Waals surface area contributed by atoms with E-state index < -0.39 is 0 Å². The Hall–Kier alpha value is -1.20. The van der Waals surface area contributed by atoms with Crippen molar-refractivity contribution in [1.29, 1.82) is 0 Å². The minimum Gasteiger partial charge on any atom is -0.494 e. The summed E-state index contributed by atoms with van der Waals surface area (Å²) in [7, 11) is 0. The predicted octanol–water partition coefficient (Wildman–Crippen LogP) is 6.75. The van der Waals surface area contributed by atoms with E-state index in [9.17, 15) is 0 Å². The zero-order chi connectivity index (χ0) is 18.7. The number of nitrogens with zero attached hydrogens (tertiary/aromatic N) is 2. The summed E-state index contributed by atoms with van der Waals surface area (Å²) in [5.41, 5.74) is 2.27. The molecule has 0 spiro atoms. The van der Waals surface area contributed by atoms with Gasteiger partial charge in [0.05, 0.1) is 11.2 Å². The molecule has 1 fully saturated rings. The summed E-state index contributed by atoms with van der Waals surface area (Å²) in [5.74, 6) is 4.19. The maximum atomic E-state index is 5.86. The van der Waals surface area contributed by atoms with E-state index in [0.29, 0.717) is 4.58 Å². The first-order valence-electron chi connectivity index (χ1n) is 10.1. The second-order valence-corrected chi connectivity index (χ2v) is 9.63. The Labute approximate surface area is 172 Å². The average molecular weight is 403 g/mol. The van der Waals surface area contributed by atoms with Crippen LogP contribution in [0.15, 0.2) is 36.7 Å². The third kappa shape index (κ3) is 6.72. The van der Waals surface area contributed by atoms with Crippen molar-refractivity contribution in [2.24, 2.45) is 0 Å². The van der Waals surface area contributed by atoms with Crippen LogP contribution in [0.1, 0.15) is 62.0 Å². The molecule has 27 heavy (non-hydrogen) atoms. The highest BCUT2D eigenvalue weighted by atomic mass is 32.2. The molecular formula is C22H30N2OS2. The third-order valence-electron chi connectivity index (χ3n) is 4.65. The van der Waals surface area contributed by atoms with Crippen LogP contribution >= 0.6 is 23.5 Å². The molecule has 0 saturated carbocycles. The summed E-state index contributed by atoms with van der Waals surface area (Å²) in [6.45, 7) is 3.05. The largest absolute Gasteiger partial charge is 0.494 e. The van der Waals surface area contributed by atoms with Gasteiger partial charge in [-0.1, -0.05) is 39.0 Å². The maximum absolute atomic E-state index is 5.86. The summed E-state index contributed by atoms with van der Waals surface area (Å²) >= 11 is 4.00. The molecule has 0 aliphatic carbocycles. The Morgan fingerprint density at radius 1 is 0.926 bits per heavy atom. The molecule has 2 aromatic rings. The number of unbranched alkanes of at least 4 members (excludes halogenated alkanes) is 5. The van der Waals surface area contributed by atoms with E-state index in [1.807, 2.05) is 48.1 Å². The number of benzene rings is 1. The van der Waals surface area contributed by atoms with Gasteiger partial charge in [0.1, 0.15) is 5.75 Å². The van der Waals surface area contributed by atoms with Gasteiger partial charge in [-0.2, -0.15) is 0 Å². The van der Waals surface area contributed by atoms with Crippen molar-refractivity contribution in [3.05, 3.63) is 42.2 Å². The van der Waals surface area contributed by atoms with E-state index in [4.69, 9.17) is 4.74 Å². The molecule has 0 N–H and O–H groups in total. The maximum Gasteiger partial charge on any atom is 0.159 e. The molecule has 0 bridgehead atoms. The Morgan fingerprint density at radius 2 is 1.59 bits per heavy atom. The zero-order valence-electron chi connectivity index (χ0n) is 16.2. The monoisotopic (exact) mass is 402 g/mol. The van der Waals surface area contributed by atoms with Crippen molar-refractivity contribution in [2.45, 2.75) is 56.5 Å². The van der Waals surface area contributed by atoms with Gasteiger partial charge in [-0.15, -0.1) is 23.5 Å². The van der Waals surface area contributed by atoms with E-state index in [-0.39, 0.29) is 0 Å². The van der Waals surface area contributed by atoms with Gasteiger partial charge >= 0.3 is 0 Å². The van der Waals surface area contributed by atoms with Crippen molar-refractivity contribution in [2.75, 3.05) is 18.1 Å². The highest BCUT2D eigenvalue weighted by Gasteiger charge is 2.17. The normalized spacial score (nSPS) is 15.0. The van der Waals surface area contributed by atoms with Crippen molar-refractivity contribution in [1.82, 2.24) is 9.97 Å². The molecule has 0 atom stereocenters. The fraction of sp³-hybridized carbons (Fsp3) is 0.545. The van der Waals surface area contributed by atoms with Crippen molar-refractivity contribution >= 4 is 23.5 Å². The van der Waals surface area contributed by atoms with E-state index in [2.05, 4.69) is 29.0 Å². The highest BCUT2D eigenvalue weighted by Crippen LogP contribution is 2.43. The molecule has 0 unspecified atom stereocenters. The predicted molar refractivity (Wildman–Crippen MR) is 119 cm³/mol. The molecule has 2 heterocycles. The second-order valence-electron chi connectivity index (χ2n) is 6.91. The van der Waals surface area contributed by atoms with Gasteiger partial charge in [-0.05, 0) is 48.6 Å². The van der Waals surface area contributed by atoms with Crippen LogP contribution in [0.25, 0.3) is 11.4 Å². The topological polar surface area (TPSA) is 35.0 Å². The summed E-state index contributed by atoms with van der Waals surface area (Å²) in [5, 5.41) is 0. The summed E-state index contributed by atoms with van der Waals surface area (Å²) in [4.78, 5) is 9.17. The molecule has 0 amide bonds. The lowest BCUT2D eigenvalue weighted by Crippen LogP contribution is -2.02. The molecule has 1 aliphatic heterocycles. The summed E-state index contributed by atoms with van der Waals surface area (Å²) < 4.78 is 6.35. The fourth-order valence-corrected chi connectivity index (χ4v) is 5.89. The number of thioether (sulfide) groups is 2. The molecule has 1 aromatic carbocycles. The third-order valence-corrected chi connectivity index (χ3v) is 7.67. The summed E-state index contributed by atoms with van der Waals surface area (Å²) in [6.07, 6.45) is 13.0. The van der Waals surface area contributed by atoms with Crippen LogP contribution in [0.3, 0.4) is 0 Å². The van der Waals surface area contributed by atoms with Gasteiger partial charge < -0.3 is 4.74 Å². The Bertz CT molecular complexity index is 655. The van der Waals surface area contributed by atoms with Gasteiger partial charge in [0, 0.05) is 23.5 Å². The zero-order valence-corrected chi connectivity index (χ0v) is 17.9. The first kappa shape index (κ1) is 20.5. The molecule has 146 valence electrons. The lowest BCUT2D eigenvalue weighted by Gasteiger charge is -2.20. The Kier molecular flexibility index (Phi) is 8.82. The quantitative estimate of drug-likeness (QED) is 0.411. The number of aromatic nitrogens is 2. The molecule has 3 nitrogen and oxygen atoms in total. The molecule has 1 aromatic heterocycles.